The Morgan fingerprint density at radius 1 is 0.920 bits per heavy atom. The van der Waals surface area contributed by atoms with Gasteiger partial charge in [-0.25, -0.2) is 9.37 Å². The molecular weight excluding hydrogens is 682 g/mol. The van der Waals surface area contributed by atoms with E-state index in [4.69, 9.17) is 49.8 Å². The number of piperazine rings is 1. The minimum atomic E-state index is -0.804. The molecule has 258 valence electrons. The molecule has 0 bridgehead atoms. The molecule has 1 aliphatic heterocycles. The standard InChI is InChI=1S/C36H35Cl2FN8O3/c37-24-19-25(38)21-29(20-24)50-28-4-1-3-22(17-28)34-44-30-18-23(6-11-31(30)47(34)32(33(40)48)5-2-12-43-36(41)42)35(49)46-15-13-45(14-16-46)27-9-7-26(39)8-10-27/h1,3-4,6-11,17-21,32H,2,5,12-16H2,(H2,40,48)(H4,41,42,43). The summed E-state index contributed by atoms with van der Waals surface area (Å²) >= 11 is 12.4. The maximum Gasteiger partial charge on any atom is 0.254 e. The number of ether oxygens (including phenoxy) is 1. The van der Waals surface area contributed by atoms with Gasteiger partial charge in [-0.3, -0.25) is 15.0 Å². The van der Waals surface area contributed by atoms with E-state index in [1.165, 1.54) is 12.1 Å². The van der Waals surface area contributed by atoms with Crippen LogP contribution in [0.2, 0.25) is 10.0 Å². The summed E-state index contributed by atoms with van der Waals surface area (Å²) in [5.41, 5.74) is 14.6. The molecule has 0 saturated carbocycles. The summed E-state index contributed by atoms with van der Waals surface area (Å²) < 4.78 is 21.3. The molecule has 0 radical (unpaired) electrons. The number of nitrogens with zero attached hydrogens (tertiary/aromatic N) is 4. The first kappa shape index (κ1) is 34.5. The van der Waals surface area contributed by atoms with Gasteiger partial charge in [0.05, 0.1) is 11.0 Å². The fraction of sp³-hybridized carbons (Fsp3) is 0.222. The van der Waals surface area contributed by atoms with Crippen molar-refractivity contribution in [2.24, 2.45) is 11.5 Å². The van der Waals surface area contributed by atoms with E-state index in [0.29, 0.717) is 95.1 Å². The van der Waals surface area contributed by atoms with E-state index in [0.717, 1.165) is 5.69 Å². The lowest BCUT2D eigenvalue weighted by Crippen LogP contribution is -2.48. The highest BCUT2D eigenvalue weighted by molar-refractivity contribution is 6.34. The highest BCUT2D eigenvalue weighted by Gasteiger charge is 2.27. The van der Waals surface area contributed by atoms with Gasteiger partial charge in [0.1, 0.15) is 29.2 Å². The second kappa shape index (κ2) is 15.1. The molecule has 1 aliphatic rings. The maximum atomic E-state index is 13.7. The molecule has 50 heavy (non-hydrogen) atoms. The van der Waals surface area contributed by atoms with E-state index >= 15 is 0 Å². The van der Waals surface area contributed by atoms with Crippen LogP contribution in [0.4, 0.5) is 10.1 Å². The van der Waals surface area contributed by atoms with Crippen LogP contribution in [0.1, 0.15) is 29.2 Å². The molecule has 5 aromatic rings. The molecular formula is C36H35Cl2FN8O3. The Kier molecular flexibility index (Phi) is 10.4. The van der Waals surface area contributed by atoms with Crippen molar-refractivity contribution in [3.8, 4) is 22.9 Å². The first-order valence-electron chi connectivity index (χ1n) is 16.0. The number of hydrogen-bond donors (Lipinski definition) is 4. The van der Waals surface area contributed by atoms with Crippen molar-refractivity contribution in [3.05, 3.63) is 106 Å². The van der Waals surface area contributed by atoms with Crippen LogP contribution in [0, 0.1) is 11.2 Å². The van der Waals surface area contributed by atoms with Crippen molar-refractivity contribution in [1.82, 2.24) is 19.8 Å². The summed E-state index contributed by atoms with van der Waals surface area (Å²) in [6.45, 7) is 2.58. The van der Waals surface area contributed by atoms with Gasteiger partial charge in [-0.15, -0.1) is 0 Å². The first-order valence-corrected chi connectivity index (χ1v) is 16.7. The minimum absolute atomic E-state index is 0.140. The molecule has 1 unspecified atom stereocenters. The molecule has 0 spiro atoms. The smallest absolute Gasteiger partial charge is 0.254 e. The van der Waals surface area contributed by atoms with Gasteiger partial charge < -0.3 is 35.9 Å². The van der Waals surface area contributed by atoms with Crippen LogP contribution in [0.5, 0.6) is 11.5 Å². The van der Waals surface area contributed by atoms with Crippen LogP contribution in [-0.4, -0.2) is 64.9 Å². The van der Waals surface area contributed by atoms with Crippen LogP contribution in [0.25, 0.3) is 22.4 Å². The average molecular weight is 718 g/mol. The summed E-state index contributed by atoms with van der Waals surface area (Å²) in [7, 11) is 0. The Labute approximate surface area is 298 Å². The minimum Gasteiger partial charge on any atom is -0.457 e. The third kappa shape index (κ3) is 7.93. The molecule has 1 saturated heterocycles. The maximum absolute atomic E-state index is 13.7. The highest BCUT2D eigenvalue weighted by Crippen LogP contribution is 2.35. The van der Waals surface area contributed by atoms with Gasteiger partial charge in [0.15, 0.2) is 5.96 Å². The number of fused-ring (bicyclic) bond motifs is 1. The SMILES string of the molecule is N=C(N)NCCCC(C(N)=O)n1c(-c2cccc(Oc3cc(Cl)cc(Cl)c3)c2)nc2cc(C(=O)N3CCN(c4ccc(F)cc4)CC3)ccc21. The number of carbonyl (C=O) groups excluding carboxylic acids is 2. The molecule has 4 aromatic carbocycles. The summed E-state index contributed by atoms with van der Waals surface area (Å²) in [5, 5.41) is 11.1. The number of carbonyl (C=O) groups is 2. The van der Waals surface area contributed by atoms with Crippen molar-refractivity contribution in [2.45, 2.75) is 18.9 Å². The topological polar surface area (TPSA) is 156 Å². The van der Waals surface area contributed by atoms with Gasteiger partial charge in [0, 0.05) is 59.6 Å². The number of benzene rings is 4. The third-order valence-corrected chi connectivity index (χ3v) is 8.91. The molecule has 1 fully saturated rings. The molecule has 2 amide bonds. The Morgan fingerprint density at radius 2 is 1.64 bits per heavy atom. The van der Waals surface area contributed by atoms with Gasteiger partial charge in [-0.1, -0.05) is 35.3 Å². The lowest BCUT2D eigenvalue weighted by molar-refractivity contribution is -0.121. The van der Waals surface area contributed by atoms with E-state index in [-0.39, 0.29) is 17.7 Å². The van der Waals surface area contributed by atoms with Crippen molar-refractivity contribution in [1.29, 1.82) is 5.41 Å². The predicted octanol–water partition coefficient (Wildman–Crippen LogP) is 6.19. The number of imidazole rings is 1. The third-order valence-electron chi connectivity index (χ3n) is 8.47. The predicted molar refractivity (Wildman–Crippen MR) is 194 cm³/mol. The van der Waals surface area contributed by atoms with Gasteiger partial charge in [0.2, 0.25) is 5.91 Å². The average Bonchev–Trinajstić information content (AvgIpc) is 3.46. The zero-order chi connectivity index (χ0) is 35.4. The van der Waals surface area contributed by atoms with E-state index in [2.05, 4.69) is 10.2 Å². The lowest BCUT2D eigenvalue weighted by Gasteiger charge is -2.36. The van der Waals surface area contributed by atoms with E-state index in [1.54, 1.807) is 76.2 Å². The van der Waals surface area contributed by atoms with Crippen LogP contribution < -0.4 is 26.4 Å². The van der Waals surface area contributed by atoms with Crippen molar-refractivity contribution in [2.75, 3.05) is 37.6 Å². The van der Waals surface area contributed by atoms with Gasteiger partial charge in [-0.05, 0) is 85.6 Å². The summed E-state index contributed by atoms with van der Waals surface area (Å²) in [6.07, 6.45) is 0.829. The number of rotatable bonds is 11. The number of aromatic nitrogens is 2. The molecule has 11 nitrogen and oxygen atoms in total. The van der Waals surface area contributed by atoms with Crippen LogP contribution in [0.15, 0.2) is 84.9 Å². The Balaban J connectivity index is 1.32. The molecule has 14 heteroatoms. The van der Waals surface area contributed by atoms with Crippen LogP contribution in [0.3, 0.4) is 0 Å². The fourth-order valence-electron chi connectivity index (χ4n) is 6.09. The zero-order valence-corrected chi connectivity index (χ0v) is 28.4. The van der Waals surface area contributed by atoms with Crippen molar-refractivity contribution < 1.29 is 18.7 Å². The molecule has 1 aromatic heterocycles. The van der Waals surface area contributed by atoms with Gasteiger partial charge >= 0.3 is 0 Å². The summed E-state index contributed by atoms with van der Waals surface area (Å²) in [5.74, 6) is 0.225. The summed E-state index contributed by atoms with van der Waals surface area (Å²) in [6, 6.07) is 22.9. The number of nitrogens with one attached hydrogen (secondary N) is 2. The molecule has 0 aliphatic carbocycles. The van der Waals surface area contributed by atoms with Gasteiger partial charge in [0.25, 0.3) is 5.91 Å². The number of guanidine groups is 1. The lowest BCUT2D eigenvalue weighted by atomic mass is 10.1. The first-order chi connectivity index (χ1) is 24.0. The Morgan fingerprint density at radius 3 is 2.32 bits per heavy atom. The van der Waals surface area contributed by atoms with E-state index in [9.17, 15) is 14.0 Å². The summed E-state index contributed by atoms with van der Waals surface area (Å²) in [4.78, 5) is 35.6. The molecule has 2 heterocycles. The number of nitrogens with two attached hydrogens (primary N) is 2. The number of primary amides is 1. The molecule has 6 rings (SSSR count). The fourth-order valence-corrected chi connectivity index (χ4v) is 6.60. The van der Waals surface area contributed by atoms with Crippen molar-refractivity contribution >= 4 is 57.7 Å². The number of anilines is 1. The Bertz CT molecular complexity index is 2030. The number of hydrogen-bond acceptors (Lipinski definition) is 6. The van der Waals surface area contributed by atoms with Gasteiger partial charge in [-0.2, -0.15) is 0 Å². The largest absolute Gasteiger partial charge is 0.457 e. The second-order valence-electron chi connectivity index (χ2n) is 11.9. The number of amides is 2. The monoisotopic (exact) mass is 716 g/mol. The molecule has 6 N–H and O–H groups in total. The van der Waals surface area contributed by atoms with E-state index in [1.807, 2.05) is 6.07 Å². The zero-order valence-electron chi connectivity index (χ0n) is 26.9. The quantitative estimate of drug-likeness (QED) is 0.0721. The van der Waals surface area contributed by atoms with E-state index < -0.39 is 11.9 Å². The highest BCUT2D eigenvalue weighted by atomic mass is 35.5. The number of halogens is 3. The van der Waals surface area contributed by atoms with Crippen LogP contribution in [-0.2, 0) is 4.79 Å². The Hall–Kier alpha value is -5.33. The normalized spacial score (nSPS) is 13.7. The van der Waals surface area contributed by atoms with Crippen molar-refractivity contribution in [3.63, 3.8) is 0 Å². The molecule has 1 atom stereocenters. The van der Waals surface area contributed by atoms with Crippen LogP contribution >= 0.6 is 23.2 Å². The second-order valence-corrected chi connectivity index (χ2v) is 12.8.